The van der Waals surface area contributed by atoms with Gasteiger partial charge in [-0.2, -0.15) is 4.39 Å². The maximum absolute atomic E-state index is 13.4. The van der Waals surface area contributed by atoms with Crippen molar-refractivity contribution >= 4 is 15.7 Å². The molecule has 0 aliphatic heterocycles. The normalized spacial score (nSPS) is 13.4. The van der Waals surface area contributed by atoms with Gasteiger partial charge in [0.2, 0.25) is 15.8 Å². The van der Waals surface area contributed by atoms with Crippen LogP contribution in [0.4, 0.5) is 23.2 Å². The largest absolute Gasteiger partial charge is 0.386 e. The van der Waals surface area contributed by atoms with Gasteiger partial charge in [0.15, 0.2) is 0 Å². The van der Waals surface area contributed by atoms with E-state index in [2.05, 4.69) is 0 Å². The van der Waals surface area contributed by atoms with E-state index in [1.165, 1.54) is 4.72 Å². The molecule has 0 aliphatic rings. The van der Waals surface area contributed by atoms with Crippen LogP contribution in [0.5, 0.6) is 0 Å². The summed E-state index contributed by atoms with van der Waals surface area (Å²) in [5.74, 6) is -3.23. The Hall–Kier alpha value is -1.79. The molecule has 0 aromatic heterocycles. The first-order chi connectivity index (χ1) is 9.56. The van der Waals surface area contributed by atoms with Gasteiger partial charge in [-0.15, -0.1) is 0 Å². The molecule has 12 heteroatoms. The highest BCUT2D eigenvalue weighted by Crippen LogP contribution is 2.24. The summed E-state index contributed by atoms with van der Waals surface area (Å²) < 4.78 is 75.1. The Kier molecular flexibility index (Phi) is 5.20. The van der Waals surface area contributed by atoms with Gasteiger partial charge >= 0.3 is 5.69 Å². The molecule has 0 aliphatic carbocycles. The summed E-state index contributed by atoms with van der Waals surface area (Å²) >= 11 is 0. The van der Waals surface area contributed by atoms with Crippen molar-refractivity contribution in [2.24, 2.45) is 0 Å². The van der Waals surface area contributed by atoms with E-state index in [-0.39, 0.29) is 12.1 Å². The van der Waals surface area contributed by atoms with Crippen molar-refractivity contribution in [1.29, 1.82) is 0 Å². The SMILES string of the molecule is O=[N+]([O-])c1cc(S(=O)(=O)NCC(O)C(F)F)c(F)cc1F. The van der Waals surface area contributed by atoms with Gasteiger partial charge in [-0.3, -0.25) is 10.1 Å². The molecule has 0 fully saturated rings. The highest BCUT2D eigenvalue weighted by Gasteiger charge is 2.28. The van der Waals surface area contributed by atoms with Crippen LogP contribution in [0.25, 0.3) is 0 Å². The number of nitro benzene ring substituents is 1. The molecule has 0 spiro atoms. The molecule has 118 valence electrons. The average Bonchev–Trinajstić information content (AvgIpc) is 2.34. The molecule has 0 saturated carbocycles. The third-order valence-corrected chi connectivity index (χ3v) is 3.70. The number of aliphatic hydroxyl groups is 1. The standard InChI is InChI=1S/C9H8F4N2O5S/c10-4-1-5(11)8(2-6(4)15(17)18)21(19,20)14-3-7(16)9(12)13/h1-2,7,9,14,16H,3H2. The second-order valence-electron chi connectivity index (χ2n) is 3.74. The minimum atomic E-state index is -4.78. The fourth-order valence-electron chi connectivity index (χ4n) is 1.23. The van der Waals surface area contributed by atoms with Crippen LogP contribution in [0.2, 0.25) is 0 Å². The van der Waals surface area contributed by atoms with Gasteiger partial charge < -0.3 is 5.11 Å². The second kappa shape index (κ2) is 6.32. The van der Waals surface area contributed by atoms with Crippen LogP contribution in [0, 0.1) is 21.7 Å². The smallest absolute Gasteiger partial charge is 0.306 e. The van der Waals surface area contributed by atoms with E-state index in [0.29, 0.717) is 0 Å². The first kappa shape index (κ1) is 17.3. The van der Waals surface area contributed by atoms with Gasteiger partial charge in [-0.05, 0) is 0 Å². The van der Waals surface area contributed by atoms with Crippen LogP contribution in [-0.4, -0.2) is 37.5 Å². The highest BCUT2D eigenvalue weighted by molar-refractivity contribution is 7.89. The van der Waals surface area contributed by atoms with Crippen molar-refractivity contribution < 1.29 is 36.0 Å². The molecule has 1 rings (SSSR count). The number of nitro groups is 1. The first-order valence-electron chi connectivity index (χ1n) is 5.15. The van der Waals surface area contributed by atoms with E-state index in [1.807, 2.05) is 0 Å². The Balaban J connectivity index is 3.14. The Morgan fingerprint density at radius 2 is 1.86 bits per heavy atom. The molecule has 0 saturated heterocycles. The van der Waals surface area contributed by atoms with Gasteiger partial charge in [0.05, 0.1) is 4.92 Å². The summed E-state index contributed by atoms with van der Waals surface area (Å²) in [7, 11) is -4.78. The Morgan fingerprint density at radius 3 is 2.33 bits per heavy atom. The number of aliphatic hydroxyl groups excluding tert-OH is 1. The number of alkyl halides is 2. The molecule has 1 atom stereocenters. The van der Waals surface area contributed by atoms with E-state index in [1.54, 1.807) is 0 Å². The fourth-order valence-corrected chi connectivity index (χ4v) is 2.35. The quantitative estimate of drug-likeness (QED) is 0.454. The topological polar surface area (TPSA) is 110 Å². The Labute approximate surface area is 115 Å². The molecule has 0 bridgehead atoms. The maximum Gasteiger partial charge on any atom is 0.306 e. The second-order valence-corrected chi connectivity index (χ2v) is 5.48. The molecule has 2 N–H and O–H groups in total. The molecule has 0 heterocycles. The van der Waals surface area contributed by atoms with Crippen LogP contribution < -0.4 is 4.72 Å². The van der Waals surface area contributed by atoms with Gasteiger partial charge in [0, 0.05) is 18.7 Å². The van der Waals surface area contributed by atoms with Crippen LogP contribution in [0.15, 0.2) is 17.0 Å². The summed E-state index contributed by atoms with van der Waals surface area (Å²) in [4.78, 5) is 7.89. The number of hydrogen-bond acceptors (Lipinski definition) is 5. The highest BCUT2D eigenvalue weighted by atomic mass is 32.2. The predicted molar refractivity (Wildman–Crippen MR) is 60.2 cm³/mol. The minimum Gasteiger partial charge on any atom is -0.386 e. The molecule has 0 amide bonds. The molecule has 21 heavy (non-hydrogen) atoms. The van der Waals surface area contributed by atoms with Crippen molar-refractivity contribution in [1.82, 2.24) is 4.72 Å². The number of hydrogen-bond donors (Lipinski definition) is 2. The van der Waals surface area contributed by atoms with Crippen molar-refractivity contribution in [2.45, 2.75) is 17.4 Å². The lowest BCUT2D eigenvalue weighted by molar-refractivity contribution is -0.387. The van der Waals surface area contributed by atoms with E-state index in [0.717, 1.165) is 0 Å². The molecule has 1 aromatic carbocycles. The lowest BCUT2D eigenvalue weighted by Gasteiger charge is -2.11. The van der Waals surface area contributed by atoms with Gasteiger partial charge in [0.25, 0.3) is 6.43 Å². The minimum absolute atomic E-state index is 0.0176. The summed E-state index contributed by atoms with van der Waals surface area (Å²) in [6.07, 6.45) is -5.60. The third-order valence-electron chi connectivity index (χ3n) is 2.26. The number of nitrogens with one attached hydrogen (secondary N) is 1. The average molecular weight is 332 g/mol. The van der Waals surface area contributed by atoms with Crippen LogP contribution in [0.3, 0.4) is 0 Å². The lowest BCUT2D eigenvalue weighted by atomic mass is 10.3. The first-order valence-corrected chi connectivity index (χ1v) is 6.64. The van der Waals surface area contributed by atoms with Crippen LogP contribution >= 0.6 is 0 Å². The van der Waals surface area contributed by atoms with Crippen molar-refractivity contribution in [3.8, 4) is 0 Å². The maximum atomic E-state index is 13.4. The molecule has 7 nitrogen and oxygen atoms in total. The molecule has 1 unspecified atom stereocenters. The lowest BCUT2D eigenvalue weighted by Crippen LogP contribution is -2.36. The van der Waals surface area contributed by atoms with Crippen LogP contribution in [0.1, 0.15) is 0 Å². The zero-order valence-corrected chi connectivity index (χ0v) is 10.8. The monoisotopic (exact) mass is 332 g/mol. The third kappa shape index (κ3) is 4.09. The Bertz CT molecular complexity index is 652. The summed E-state index contributed by atoms with van der Waals surface area (Å²) in [5, 5.41) is 19.2. The van der Waals surface area contributed by atoms with Gasteiger partial charge in [0.1, 0.15) is 16.8 Å². The molecule has 0 radical (unpaired) electrons. The zero-order chi connectivity index (χ0) is 16.4. The van der Waals surface area contributed by atoms with Gasteiger partial charge in [-0.25, -0.2) is 26.3 Å². The van der Waals surface area contributed by atoms with E-state index in [9.17, 15) is 36.1 Å². The van der Waals surface area contributed by atoms with E-state index < -0.39 is 56.2 Å². The number of halogens is 4. The summed E-state index contributed by atoms with van der Waals surface area (Å²) in [5.41, 5.74) is -1.30. The summed E-state index contributed by atoms with van der Waals surface area (Å²) in [6.45, 7) is -1.15. The molecular formula is C9H8F4N2O5S. The van der Waals surface area contributed by atoms with Crippen molar-refractivity contribution in [3.63, 3.8) is 0 Å². The Morgan fingerprint density at radius 1 is 1.29 bits per heavy atom. The molecular weight excluding hydrogens is 324 g/mol. The number of sulfonamides is 1. The van der Waals surface area contributed by atoms with E-state index >= 15 is 0 Å². The fraction of sp³-hybridized carbons (Fsp3) is 0.333. The van der Waals surface area contributed by atoms with Crippen molar-refractivity contribution in [2.75, 3.05) is 6.54 Å². The van der Waals surface area contributed by atoms with Gasteiger partial charge in [-0.1, -0.05) is 0 Å². The molecule has 1 aromatic rings. The summed E-state index contributed by atoms with van der Waals surface area (Å²) in [6, 6.07) is 0.0952. The zero-order valence-electron chi connectivity index (χ0n) is 9.96. The van der Waals surface area contributed by atoms with Crippen LogP contribution in [-0.2, 0) is 10.0 Å². The van der Waals surface area contributed by atoms with Crippen molar-refractivity contribution in [3.05, 3.63) is 33.9 Å². The number of nitrogens with zero attached hydrogens (tertiary/aromatic N) is 1. The van der Waals surface area contributed by atoms with E-state index in [4.69, 9.17) is 5.11 Å². The predicted octanol–water partition coefficient (Wildman–Crippen LogP) is 0.777. The number of rotatable bonds is 6. The number of benzene rings is 1.